The number of para-hydroxylation sites is 1. The second-order valence-corrected chi connectivity index (χ2v) is 7.59. The summed E-state index contributed by atoms with van der Waals surface area (Å²) in [6, 6.07) is 7.40. The topological polar surface area (TPSA) is 40.6 Å². The molecular formula is C15H19ClN2O2S. The van der Waals surface area contributed by atoms with Crippen LogP contribution in [0.15, 0.2) is 24.3 Å². The van der Waals surface area contributed by atoms with Crippen LogP contribution in [0.2, 0.25) is 5.02 Å². The number of benzene rings is 1. The Morgan fingerprint density at radius 3 is 2.57 bits per heavy atom. The maximum Gasteiger partial charge on any atom is 0.244 e. The Morgan fingerprint density at radius 1 is 1.14 bits per heavy atom. The summed E-state index contributed by atoms with van der Waals surface area (Å²) >= 11 is 6.23. The van der Waals surface area contributed by atoms with Gasteiger partial charge in [0.15, 0.2) is 0 Å². The van der Waals surface area contributed by atoms with E-state index in [9.17, 15) is 9.00 Å². The fourth-order valence-electron chi connectivity index (χ4n) is 3.07. The molecule has 1 aromatic carbocycles. The number of piperidine rings is 1. The number of carbonyl (C=O) groups excluding carboxylic acids is 1. The van der Waals surface area contributed by atoms with E-state index in [2.05, 4.69) is 4.90 Å². The molecule has 1 atom stereocenters. The Bertz CT molecular complexity index is 556. The molecule has 2 aliphatic heterocycles. The van der Waals surface area contributed by atoms with Gasteiger partial charge in [0.2, 0.25) is 5.91 Å². The van der Waals surface area contributed by atoms with Crippen molar-refractivity contribution < 1.29 is 9.00 Å². The molecule has 0 spiro atoms. The minimum atomic E-state index is -0.713. The van der Waals surface area contributed by atoms with Gasteiger partial charge in [-0.2, -0.15) is 0 Å². The van der Waals surface area contributed by atoms with E-state index < -0.39 is 10.8 Å². The lowest BCUT2D eigenvalue weighted by Crippen LogP contribution is -2.55. The first-order valence-electron chi connectivity index (χ1n) is 7.32. The van der Waals surface area contributed by atoms with E-state index in [4.69, 9.17) is 11.6 Å². The fourth-order valence-corrected chi connectivity index (χ4v) is 4.39. The normalized spacial score (nSPS) is 25.3. The van der Waals surface area contributed by atoms with E-state index >= 15 is 0 Å². The van der Waals surface area contributed by atoms with Gasteiger partial charge < -0.3 is 4.90 Å². The van der Waals surface area contributed by atoms with Crippen molar-refractivity contribution in [2.75, 3.05) is 36.0 Å². The zero-order valence-corrected chi connectivity index (χ0v) is 13.4. The van der Waals surface area contributed by atoms with Crippen LogP contribution in [0, 0.1) is 0 Å². The van der Waals surface area contributed by atoms with Gasteiger partial charge in [-0.25, -0.2) is 0 Å². The first-order valence-corrected chi connectivity index (χ1v) is 9.18. The largest absolute Gasteiger partial charge is 0.310 e. The maximum atomic E-state index is 12.8. The first kappa shape index (κ1) is 15.0. The van der Waals surface area contributed by atoms with Crippen molar-refractivity contribution >= 4 is 34.0 Å². The molecule has 0 unspecified atom stereocenters. The van der Waals surface area contributed by atoms with Gasteiger partial charge in [-0.1, -0.05) is 23.7 Å². The number of carbonyl (C=O) groups is 1. The predicted octanol–water partition coefficient (Wildman–Crippen LogP) is 1.90. The van der Waals surface area contributed by atoms with Crippen molar-refractivity contribution in [1.29, 1.82) is 0 Å². The number of hydrogen-bond acceptors (Lipinski definition) is 3. The highest BCUT2D eigenvalue weighted by atomic mass is 35.5. The van der Waals surface area contributed by atoms with E-state index in [0.717, 1.165) is 38.2 Å². The summed E-state index contributed by atoms with van der Waals surface area (Å²) < 4.78 is 11.5. The Morgan fingerprint density at radius 2 is 1.86 bits per heavy atom. The molecule has 0 aromatic heterocycles. The molecule has 0 saturated carbocycles. The molecule has 21 heavy (non-hydrogen) atoms. The lowest BCUT2D eigenvalue weighted by atomic mass is 10.0. The van der Waals surface area contributed by atoms with Crippen molar-refractivity contribution in [3.05, 3.63) is 29.3 Å². The quantitative estimate of drug-likeness (QED) is 0.833. The van der Waals surface area contributed by atoms with Crippen LogP contribution in [-0.2, 0) is 15.6 Å². The Balaban J connectivity index is 1.78. The van der Waals surface area contributed by atoms with E-state index in [-0.39, 0.29) is 11.9 Å². The Labute approximate surface area is 132 Å². The molecule has 0 N–H and O–H groups in total. The van der Waals surface area contributed by atoms with Crippen molar-refractivity contribution in [2.24, 2.45) is 0 Å². The third-order valence-electron chi connectivity index (χ3n) is 4.21. The van der Waals surface area contributed by atoms with Crippen molar-refractivity contribution in [3.8, 4) is 0 Å². The van der Waals surface area contributed by atoms with E-state index in [1.807, 2.05) is 29.2 Å². The summed E-state index contributed by atoms with van der Waals surface area (Å²) in [4.78, 5) is 16.8. The second-order valence-electron chi connectivity index (χ2n) is 5.48. The second kappa shape index (κ2) is 6.46. The number of nitrogens with zero attached hydrogens (tertiary/aromatic N) is 2. The number of rotatable bonds is 2. The van der Waals surface area contributed by atoms with Crippen molar-refractivity contribution in [1.82, 2.24) is 4.90 Å². The van der Waals surface area contributed by atoms with Crippen LogP contribution in [0.25, 0.3) is 0 Å². The van der Waals surface area contributed by atoms with E-state index in [0.29, 0.717) is 16.5 Å². The van der Waals surface area contributed by atoms with Gasteiger partial charge in [-0.15, -0.1) is 0 Å². The average Bonchev–Trinajstić information content (AvgIpc) is 2.50. The van der Waals surface area contributed by atoms with Crippen LogP contribution in [0.5, 0.6) is 0 Å². The molecule has 2 heterocycles. The van der Waals surface area contributed by atoms with E-state index in [1.165, 1.54) is 0 Å². The molecule has 1 amide bonds. The van der Waals surface area contributed by atoms with Gasteiger partial charge in [0, 0.05) is 41.9 Å². The van der Waals surface area contributed by atoms with Crippen LogP contribution in [-0.4, -0.2) is 52.2 Å². The molecule has 0 bridgehead atoms. The third kappa shape index (κ3) is 3.15. The van der Waals surface area contributed by atoms with Gasteiger partial charge in [-0.05, 0) is 25.0 Å². The van der Waals surface area contributed by atoms with Crippen LogP contribution in [0.1, 0.15) is 12.8 Å². The predicted molar refractivity (Wildman–Crippen MR) is 86.3 cm³/mol. The first-order chi connectivity index (χ1) is 10.2. The SMILES string of the molecule is O=C1[C@H](N2CCS(=O)CC2)CCCN1c1ccccc1Cl. The van der Waals surface area contributed by atoms with Crippen molar-refractivity contribution in [3.63, 3.8) is 0 Å². The van der Waals surface area contributed by atoms with Crippen LogP contribution in [0.3, 0.4) is 0 Å². The zero-order chi connectivity index (χ0) is 14.8. The van der Waals surface area contributed by atoms with Gasteiger partial charge in [0.1, 0.15) is 0 Å². The smallest absolute Gasteiger partial charge is 0.244 e. The summed E-state index contributed by atoms with van der Waals surface area (Å²) in [5, 5.41) is 0.617. The van der Waals surface area contributed by atoms with Gasteiger partial charge >= 0.3 is 0 Å². The van der Waals surface area contributed by atoms with E-state index in [1.54, 1.807) is 0 Å². The molecule has 2 aliphatic rings. The van der Waals surface area contributed by atoms with Crippen LogP contribution in [0.4, 0.5) is 5.69 Å². The lowest BCUT2D eigenvalue weighted by molar-refractivity contribution is -0.125. The summed E-state index contributed by atoms with van der Waals surface area (Å²) in [5.74, 6) is 1.48. The summed E-state index contributed by atoms with van der Waals surface area (Å²) in [5.41, 5.74) is 0.800. The summed E-state index contributed by atoms with van der Waals surface area (Å²) in [6.45, 7) is 2.22. The summed E-state index contributed by atoms with van der Waals surface area (Å²) in [7, 11) is -0.713. The molecule has 2 fully saturated rings. The Kier molecular flexibility index (Phi) is 4.62. The standard InChI is InChI=1S/C15H19ClN2O2S/c16-12-4-1-2-5-13(12)18-7-3-6-14(15(18)19)17-8-10-21(20)11-9-17/h1-2,4-5,14H,3,6-11H2/t14-/m1/s1. The van der Waals surface area contributed by atoms with Crippen LogP contribution >= 0.6 is 11.6 Å². The molecule has 1 aromatic rings. The average molecular weight is 327 g/mol. The molecule has 6 heteroatoms. The van der Waals surface area contributed by atoms with Crippen molar-refractivity contribution in [2.45, 2.75) is 18.9 Å². The van der Waals surface area contributed by atoms with Crippen LogP contribution < -0.4 is 4.90 Å². The molecule has 0 aliphatic carbocycles. The zero-order valence-electron chi connectivity index (χ0n) is 11.8. The Hall–Kier alpha value is -0.910. The van der Waals surface area contributed by atoms with Gasteiger partial charge in [0.25, 0.3) is 0 Å². The monoisotopic (exact) mass is 326 g/mol. The highest BCUT2D eigenvalue weighted by Crippen LogP contribution is 2.30. The number of amides is 1. The minimum Gasteiger partial charge on any atom is -0.310 e. The highest BCUT2D eigenvalue weighted by Gasteiger charge is 2.35. The summed E-state index contributed by atoms with van der Waals surface area (Å²) in [6.07, 6.45) is 1.85. The molecular weight excluding hydrogens is 308 g/mol. The third-order valence-corrected chi connectivity index (χ3v) is 5.80. The minimum absolute atomic E-state index is 0.0904. The number of halogens is 1. The van der Waals surface area contributed by atoms with Gasteiger partial charge in [-0.3, -0.25) is 13.9 Å². The molecule has 114 valence electrons. The fraction of sp³-hybridized carbons (Fsp3) is 0.533. The molecule has 2 saturated heterocycles. The van der Waals surface area contributed by atoms with Gasteiger partial charge in [0.05, 0.1) is 16.8 Å². The molecule has 0 radical (unpaired) electrons. The number of hydrogen-bond donors (Lipinski definition) is 0. The maximum absolute atomic E-state index is 12.8. The lowest BCUT2D eigenvalue weighted by Gasteiger charge is -2.40. The highest BCUT2D eigenvalue weighted by molar-refractivity contribution is 7.85. The molecule has 3 rings (SSSR count). The molecule has 4 nitrogen and oxygen atoms in total. The number of anilines is 1.